The SMILES string of the molecule is CC(C)c1ccccc1.O=S(=O)=O. The second kappa shape index (κ2) is 6.37. The van der Waals surface area contributed by atoms with Gasteiger partial charge >= 0.3 is 10.6 Å². The Labute approximate surface area is 79.5 Å². The Morgan fingerprint density at radius 1 is 1.00 bits per heavy atom. The lowest BCUT2D eigenvalue weighted by atomic mass is 10.0. The van der Waals surface area contributed by atoms with Crippen molar-refractivity contribution in [2.24, 2.45) is 0 Å². The summed E-state index contributed by atoms with van der Waals surface area (Å²) in [6.45, 7) is 4.41. The first-order chi connectivity index (χ1) is 6.04. The Morgan fingerprint density at radius 2 is 1.38 bits per heavy atom. The van der Waals surface area contributed by atoms with Gasteiger partial charge in [0.25, 0.3) is 0 Å². The number of hydrogen-bond donors (Lipinski definition) is 0. The van der Waals surface area contributed by atoms with Gasteiger partial charge < -0.3 is 0 Å². The van der Waals surface area contributed by atoms with Crippen molar-refractivity contribution in [2.45, 2.75) is 19.8 Å². The third kappa shape index (κ3) is 7.21. The van der Waals surface area contributed by atoms with Crippen molar-refractivity contribution in [3.05, 3.63) is 35.9 Å². The highest BCUT2D eigenvalue weighted by Crippen LogP contribution is 2.11. The van der Waals surface area contributed by atoms with E-state index in [1.165, 1.54) is 5.56 Å². The molecule has 0 radical (unpaired) electrons. The van der Waals surface area contributed by atoms with Crippen molar-refractivity contribution in [1.82, 2.24) is 0 Å². The monoisotopic (exact) mass is 200 g/mol. The van der Waals surface area contributed by atoms with Crippen molar-refractivity contribution in [3.63, 3.8) is 0 Å². The lowest BCUT2D eigenvalue weighted by Gasteiger charge is -2.01. The largest absolute Gasteiger partial charge is 0.425 e. The van der Waals surface area contributed by atoms with Crippen molar-refractivity contribution >= 4 is 10.6 Å². The summed E-state index contributed by atoms with van der Waals surface area (Å²) in [5.41, 5.74) is 1.41. The average molecular weight is 200 g/mol. The van der Waals surface area contributed by atoms with Crippen LogP contribution in [0.3, 0.4) is 0 Å². The summed E-state index contributed by atoms with van der Waals surface area (Å²) >= 11 is 0. The maximum Gasteiger partial charge on any atom is 0.425 e. The fourth-order valence-electron chi connectivity index (χ4n) is 0.838. The molecule has 0 bridgehead atoms. The van der Waals surface area contributed by atoms with E-state index in [-0.39, 0.29) is 0 Å². The van der Waals surface area contributed by atoms with E-state index < -0.39 is 10.6 Å². The van der Waals surface area contributed by atoms with Crippen LogP contribution < -0.4 is 0 Å². The first-order valence-corrected chi connectivity index (χ1v) is 4.85. The summed E-state index contributed by atoms with van der Waals surface area (Å²) in [6, 6.07) is 10.5. The van der Waals surface area contributed by atoms with Crippen LogP contribution in [-0.2, 0) is 10.6 Å². The van der Waals surface area contributed by atoms with Gasteiger partial charge in [0.1, 0.15) is 0 Å². The third-order valence-corrected chi connectivity index (χ3v) is 1.47. The van der Waals surface area contributed by atoms with Crippen LogP contribution in [0.25, 0.3) is 0 Å². The Kier molecular flexibility index (Phi) is 5.80. The lowest BCUT2D eigenvalue weighted by molar-refractivity contribution is 0.559. The molecular formula is C9H12O3S. The molecule has 1 aromatic carbocycles. The second-order valence-electron chi connectivity index (χ2n) is 2.77. The van der Waals surface area contributed by atoms with Gasteiger partial charge in [-0.15, -0.1) is 12.6 Å². The highest BCUT2D eigenvalue weighted by Gasteiger charge is 1.93. The standard InChI is InChI=1S/C9H12.O3S/c1-8(2)9-6-4-3-5-7-9;1-4(2)3/h3-8H,1-2H3;. The van der Waals surface area contributed by atoms with Crippen molar-refractivity contribution in [3.8, 4) is 0 Å². The van der Waals surface area contributed by atoms with Crippen molar-refractivity contribution < 1.29 is 12.6 Å². The van der Waals surface area contributed by atoms with Gasteiger partial charge in [-0.25, -0.2) is 0 Å². The molecule has 0 unspecified atom stereocenters. The zero-order valence-corrected chi connectivity index (χ0v) is 8.41. The minimum atomic E-state index is -3.11. The summed E-state index contributed by atoms with van der Waals surface area (Å²) in [4.78, 5) is 0. The van der Waals surface area contributed by atoms with Crippen LogP contribution in [0, 0.1) is 0 Å². The van der Waals surface area contributed by atoms with Crippen molar-refractivity contribution in [2.75, 3.05) is 0 Å². The van der Waals surface area contributed by atoms with Crippen molar-refractivity contribution in [1.29, 1.82) is 0 Å². The van der Waals surface area contributed by atoms with Gasteiger partial charge in [-0.05, 0) is 11.5 Å². The topological polar surface area (TPSA) is 51.2 Å². The zero-order chi connectivity index (χ0) is 10.3. The molecule has 13 heavy (non-hydrogen) atoms. The van der Waals surface area contributed by atoms with Gasteiger partial charge in [-0.3, -0.25) is 0 Å². The number of hydrogen-bond acceptors (Lipinski definition) is 3. The third-order valence-electron chi connectivity index (χ3n) is 1.47. The molecule has 0 aliphatic heterocycles. The molecule has 0 spiro atoms. The molecule has 0 aliphatic rings. The average Bonchev–Trinajstić information content (AvgIpc) is 2.05. The summed E-state index contributed by atoms with van der Waals surface area (Å²) in [7, 11) is -3.11. The van der Waals surface area contributed by atoms with E-state index in [1.54, 1.807) is 0 Å². The molecule has 0 saturated carbocycles. The zero-order valence-electron chi connectivity index (χ0n) is 7.60. The Morgan fingerprint density at radius 3 is 1.62 bits per heavy atom. The summed E-state index contributed by atoms with van der Waals surface area (Å²) in [5.74, 6) is 0.659. The first kappa shape index (κ1) is 11.8. The number of rotatable bonds is 1. The molecule has 4 heteroatoms. The molecule has 1 aromatic rings. The van der Waals surface area contributed by atoms with Crippen LogP contribution >= 0.6 is 0 Å². The highest BCUT2D eigenvalue weighted by atomic mass is 32.2. The van der Waals surface area contributed by atoms with Gasteiger partial charge in [0.15, 0.2) is 0 Å². The van der Waals surface area contributed by atoms with Crippen LogP contribution in [0.4, 0.5) is 0 Å². The molecule has 0 aliphatic carbocycles. The van der Waals surface area contributed by atoms with E-state index in [9.17, 15) is 0 Å². The summed E-state index contributed by atoms with van der Waals surface area (Å²) in [6.07, 6.45) is 0. The molecule has 0 heterocycles. The highest BCUT2D eigenvalue weighted by molar-refractivity contribution is 7.59. The normalized spacial score (nSPS) is 8.85. The van der Waals surface area contributed by atoms with E-state index in [1.807, 2.05) is 6.07 Å². The number of benzene rings is 1. The predicted molar refractivity (Wildman–Crippen MR) is 50.2 cm³/mol. The second-order valence-corrected chi connectivity index (χ2v) is 3.18. The maximum absolute atomic E-state index is 8.44. The van der Waals surface area contributed by atoms with Crippen LogP contribution in [0.1, 0.15) is 25.3 Å². The molecule has 0 N–H and O–H groups in total. The fraction of sp³-hybridized carbons (Fsp3) is 0.333. The smallest absolute Gasteiger partial charge is 0.142 e. The Balaban J connectivity index is 0.000000310. The van der Waals surface area contributed by atoms with E-state index in [4.69, 9.17) is 12.6 Å². The molecule has 0 atom stereocenters. The molecule has 1 rings (SSSR count). The molecule has 0 fully saturated rings. The molecule has 0 aromatic heterocycles. The molecule has 0 saturated heterocycles. The molecule has 3 nitrogen and oxygen atoms in total. The van der Waals surface area contributed by atoms with Crippen LogP contribution in [0.2, 0.25) is 0 Å². The van der Waals surface area contributed by atoms with Gasteiger partial charge in [0.05, 0.1) is 0 Å². The van der Waals surface area contributed by atoms with E-state index in [0.717, 1.165) is 0 Å². The minimum Gasteiger partial charge on any atom is -0.142 e. The van der Waals surface area contributed by atoms with Crippen LogP contribution in [-0.4, -0.2) is 12.6 Å². The van der Waals surface area contributed by atoms with Crippen LogP contribution in [0.15, 0.2) is 30.3 Å². The van der Waals surface area contributed by atoms with E-state index >= 15 is 0 Å². The van der Waals surface area contributed by atoms with Gasteiger partial charge in [-0.1, -0.05) is 44.2 Å². The van der Waals surface area contributed by atoms with Gasteiger partial charge in [-0.2, -0.15) is 0 Å². The Hall–Kier alpha value is -1.16. The summed E-state index contributed by atoms with van der Waals surface area (Å²) in [5, 5.41) is 0. The van der Waals surface area contributed by atoms with Crippen LogP contribution in [0.5, 0.6) is 0 Å². The molecule has 72 valence electrons. The first-order valence-electron chi connectivity index (χ1n) is 3.85. The van der Waals surface area contributed by atoms with Gasteiger partial charge in [0, 0.05) is 0 Å². The maximum atomic E-state index is 8.44. The van der Waals surface area contributed by atoms with E-state index in [0.29, 0.717) is 5.92 Å². The lowest BCUT2D eigenvalue weighted by Crippen LogP contribution is -1.83. The van der Waals surface area contributed by atoms with E-state index in [2.05, 4.69) is 38.1 Å². The minimum absolute atomic E-state index is 0.659. The predicted octanol–water partition coefficient (Wildman–Crippen LogP) is 1.81. The van der Waals surface area contributed by atoms with Gasteiger partial charge in [0.2, 0.25) is 0 Å². The quantitative estimate of drug-likeness (QED) is 0.694. The fourth-order valence-corrected chi connectivity index (χ4v) is 0.838. The molecule has 0 amide bonds. The molecular weight excluding hydrogens is 188 g/mol. The summed E-state index contributed by atoms with van der Waals surface area (Å²) < 4.78 is 25.3. The Bertz CT molecular complexity index is 319.